The maximum absolute atomic E-state index is 11.5. The number of thioether (sulfide) groups is 2. The number of rotatable bonds is 6. The predicted molar refractivity (Wildman–Crippen MR) is 72.6 cm³/mol. The van der Waals surface area contributed by atoms with Crippen molar-refractivity contribution >= 4 is 40.5 Å². The van der Waals surface area contributed by atoms with E-state index >= 15 is 0 Å². The molecule has 1 aliphatic heterocycles. The molecule has 1 amide bonds. The van der Waals surface area contributed by atoms with Gasteiger partial charge in [0.1, 0.15) is 0 Å². The second kappa shape index (κ2) is 7.68. The summed E-state index contributed by atoms with van der Waals surface area (Å²) >= 11 is 2.44. The Hall–Kier alpha value is -0.690. The summed E-state index contributed by atoms with van der Waals surface area (Å²) in [4.78, 5) is 34.0. The quantitative estimate of drug-likeness (QED) is 0.731. The third kappa shape index (κ3) is 5.77. The normalized spacial score (nSPS) is 19.1. The molecule has 0 spiro atoms. The lowest BCUT2D eigenvalue weighted by atomic mass is 10.2. The summed E-state index contributed by atoms with van der Waals surface area (Å²) in [6.07, 6.45) is 0.551. The van der Waals surface area contributed by atoms with Gasteiger partial charge in [0.05, 0.1) is 23.7 Å². The SMILES string of the molecule is CC(C)OC(=O)CSCC(=O)NC1CCSC1=O. The highest BCUT2D eigenvalue weighted by Gasteiger charge is 2.26. The van der Waals surface area contributed by atoms with Crippen molar-refractivity contribution in [2.75, 3.05) is 17.3 Å². The summed E-state index contributed by atoms with van der Waals surface area (Å²) in [5.74, 6) is 0.548. The zero-order chi connectivity index (χ0) is 13.5. The summed E-state index contributed by atoms with van der Waals surface area (Å²) in [5.41, 5.74) is 0. The van der Waals surface area contributed by atoms with Gasteiger partial charge in [-0.15, -0.1) is 11.8 Å². The van der Waals surface area contributed by atoms with Gasteiger partial charge in [0.2, 0.25) is 11.0 Å². The minimum absolute atomic E-state index is 0.0209. The molecule has 1 heterocycles. The maximum atomic E-state index is 11.5. The van der Waals surface area contributed by atoms with Crippen LogP contribution in [0.5, 0.6) is 0 Å². The van der Waals surface area contributed by atoms with Gasteiger partial charge in [0.15, 0.2) is 0 Å². The van der Waals surface area contributed by atoms with Crippen LogP contribution in [-0.4, -0.2) is 46.4 Å². The first-order valence-corrected chi connectivity index (χ1v) is 7.86. The Bertz CT molecular complexity index is 333. The number of ether oxygens (including phenoxy) is 1. The first-order chi connectivity index (χ1) is 8.49. The molecule has 1 saturated heterocycles. The highest BCUT2D eigenvalue weighted by Crippen LogP contribution is 2.19. The van der Waals surface area contributed by atoms with Crippen LogP contribution in [0.25, 0.3) is 0 Å². The summed E-state index contributed by atoms with van der Waals surface area (Å²) in [7, 11) is 0. The van der Waals surface area contributed by atoms with Crippen molar-refractivity contribution in [2.45, 2.75) is 32.4 Å². The van der Waals surface area contributed by atoms with Gasteiger partial charge >= 0.3 is 5.97 Å². The molecule has 1 unspecified atom stereocenters. The fourth-order valence-corrected chi connectivity index (χ4v) is 2.93. The Morgan fingerprint density at radius 1 is 1.50 bits per heavy atom. The number of hydrogen-bond donors (Lipinski definition) is 1. The van der Waals surface area contributed by atoms with Crippen LogP contribution < -0.4 is 5.32 Å². The molecule has 0 aromatic heterocycles. The molecule has 0 aromatic carbocycles. The number of esters is 1. The molecular weight excluding hydrogens is 274 g/mol. The largest absolute Gasteiger partial charge is 0.462 e. The van der Waals surface area contributed by atoms with Gasteiger partial charge in [0.25, 0.3) is 0 Å². The standard InChI is InChI=1S/C11H17NO4S2/c1-7(2)16-10(14)6-17-5-9(13)12-8-3-4-18-11(8)15/h7-8H,3-6H2,1-2H3,(H,12,13). The van der Waals surface area contributed by atoms with Gasteiger partial charge in [-0.05, 0) is 20.3 Å². The highest BCUT2D eigenvalue weighted by molar-refractivity contribution is 8.14. The fourth-order valence-electron chi connectivity index (χ4n) is 1.39. The highest BCUT2D eigenvalue weighted by atomic mass is 32.2. The van der Waals surface area contributed by atoms with Gasteiger partial charge in [-0.25, -0.2) is 0 Å². The van der Waals surface area contributed by atoms with Gasteiger partial charge in [0, 0.05) is 5.75 Å². The second-order valence-electron chi connectivity index (χ2n) is 4.11. The Morgan fingerprint density at radius 2 is 2.22 bits per heavy atom. The van der Waals surface area contributed by atoms with Crippen molar-refractivity contribution in [3.05, 3.63) is 0 Å². The monoisotopic (exact) mass is 291 g/mol. The minimum atomic E-state index is -0.356. The van der Waals surface area contributed by atoms with E-state index in [0.717, 1.165) is 5.75 Å². The lowest BCUT2D eigenvalue weighted by molar-refractivity contribution is -0.144. The number of nitrogens with one attached hydrogen (secondary N) is 1. The van der Waals surface area contributed by atoms with E-state index in [1.54, 1.807) is 13.8 Å². The van der Waals surface area contributed by atoms with E-state index in [9.17, 15) is 14.4 Å². The maximum Gasteiger partial charge on any atom is 0.316 e. The zero-order valence-electron chi connectivity index (χ0n) is 10.4. The van der Waals surface area contributed by atoms with Crippen LogP contribution >= 0.6 is 23.5 Å². The minimum Gasteiger partial charge on any atom is -0.462 e. The summed E-state index contributed by atoms with van der Waals surface area (Å²) < 4.78 is 4.93. The molecule has 1 atom stereocenters. The van der Waals surface area contributed by atoms with Crippen LogP contribution in [0, 0.1) is 0 Å². The van der Waals surface area contributed by atoms with Crippen LogP contribution in [-0.2, 0) is 19.1 Å². The van der Waals surface area contributed by atoms with Crippen molar-refractivity contribution in [2.24, 2.45) is 0 Å². The van der Waals surface area contributed by atoms with Crippen molar-refractivity contribution < 1.29 is 19.1 Å². The average molecular weight is 291 g/mol. The van der Waals surface area contributed by atoms with Crippen LogP contribution in [0.4, 0.5) is 0 Å². The number of amides is 1. The van der Waals surface area contributed by atoms with Crippen LogP contribution in [0.3, 0.4) is 0 Å². The Morgan fingerprint density at radius 3 is 2.78 bits per heavy atom. The van der Waals surface area contributed by atoms with E-state index in [4.69, 9.17) is 4.74 Å². The van der Waals surface area contributed by atoms with E-state index in [1.165, 1.54) is 23.5 Å². The molecule has 0 bridgehead atoms. The molecule has 0 aliphatic carbocycles. The molecular formula is C11H17NO4S2. The van der Waals surface area contributed by atoms with Crippen molar-refractivity contribution in [3.63, 3.8) is 0 Å². The van der Waals surface area contributed by atoms with Crippen molar-refractivity contribution in [1.82, 2.24) is 5.32 Å². The molecule has 1 N–H and O–H groups in total. The van der Waals surface area contributed by atoms with Crippen LogP contribution in [0.2, 0.25) is 0 Å². The number of hydrogen-bond acceptors (Lipinski definition) is 6. The Balaban J connectivity index is 2.13. The van der Waals surface area contributed by atoms with Gasteiger partial charge in [-0.3, -0.25) is 14.4 Å². The lowest BCUT2D eigenvalue weighted by Crippen LogP contribution is -2.38. The summed E-state index contributed by atoms with van der Waals surface area (Å²) in [6, 6.07) is -0.356. The van der Waals surface area contributed by atoms with Crippen LogP contribution in [0.1, 0.15) is 20.3 Å². The van der Waals surface area contributed by atoms with Gasteiger partial charge < -0.3 is 10.1 Å². The molecule has 0 aromatic rings. The molecule has 102 valence electrons. The predicted octanol–water partition coefficient (Wildman–Crippen LogP) is 0.819. The van der Waals surface area contributed by atoms with E-state index in [0.29, 0.717) is 6.42 Å². The van der Waals surface area contributed by atoms with E-state index in [2.05, 4.69) is 5.32 Å². The van der Waals surface area contributed by atoms with E-state index < -0.39 is 0 Å². The lowest BCUT2D eigenvalue weighted by Gasteiger charge is -2.10. The van der Waals surface area contributed by atoms with Gasteiger partial charge in [-0.1, -0.05) is 11.8 Å². The molecule has 7 heteroatoms. The molecule has 0 radical (unpaired) electrons. The number of carbonyl (C=O) groups is 3. The molecule has 1 aliphatic rings. The zero-order valence-corrected chi connectivity index (χ0v) is 12.1. The fraction of sp³-hybridized carbons (Fsp3) is 0.727. The van der Waals surface area contributed by atoms with E-state index in [1.807, 2.05) is 0 Å². The van der Waals surface area contributed by atoms with Crippen LogP contribution in [0.15, 0.2) is 0 Å². The first-order valence-electron chi connectivity index (χ1n) is 5.72. The third-order valence-corrected chi connectivity index (χ3v) is 4.01. The van der Waals surface area contributed by atoms with Crippen molar-refractivity contribution in [1.29, 1.82) is 0 Å². The molecule has 5 nitrogen and oxygen atoms in total. The van der Waals surface area contributed by atoms with Crippen molar-refractivity contribution in [3.8, 4) is 0 Å². The Labute approximate surface area is 115 Å². The topological polar surface area (TPSA) is 72.5 Å². The number of carbonyl (C=O) groups excluding carboxylic acids is 3. The molecule has 0 saturated carbocycles. The Kier molecular flexibility index (Phi) is 6.56. The molecule has 1 rings (SSSR count). The smallest absolute Gasteiger partial charge is 0.316 e. The summed E-state index contributed by atoms with van der Waals surface area (Å²) in [5, 5.41) is 2.68. The average Bonchev–Trinajstić information content (AvgIpc) is 2.63. The van der Waals surface area contributed by atoms with E-state index in [-0.39, 0.29) is 40.6 Å². The third-order valence-electron chi connectivity index (χ3n) is 2.09. The molecule has 1 fully saturated rings. The summed E-state index contributed by atoms with van der Waals surface area (Å²) in [6.45, 7) is 3.55. The molecule has 18 heavy (non-hydrogen) atoms. The van der Waals surface area contributed by atoms with Gasteiger partial charge in [-0.2, -0.15) is 0 Å². The second-order valence-corrected chi connectivity index (χ2v) is 6.19. The first kappa shape index (κ1) is 15.4.